The van der Waals surface area contributed by atoms with E-state index in [1.165, 1.54) is 5.56 Å². The molecule has 1 aromatic carbocycles. The normalized spacial score (nSPS) is 16.0. The number of hydrogen-bond acceptors (Lipinski definition) is 3. The number of nitrogens with two attached hydrogens (primary N) is 1. The molecule has 1 fully saturated rings. The number of ether oxygens (including phenoxy) is 1. The van der Waals surface area contributed by atoms with Crippen LogP contribution in [0.4, 0.5) is 0 Å². The molecule has 80 valence electrons. The Morgan fingerprint density at radius 2 is 2.33 bits per heavy atom. The molecular weight excluding hydrogens is 208 g/mol. The molecule has 4 heteroatoms. The van der Waals surface area contributed by atoms with Gasteiger partial charge in [0.15, 0.2) is 0 Å². The fraction of sp³-hybridized carbons (Fsp3) is 0.364. The van der Waals surface area contributed by atoms with Crippen molar-refractivity contribution in [2.24, 2.45) is 5.73 Å². The molecule has 0 bridgehead atoms. The van der Waals surface area contributed by atoms with Crippen LogP contribution in [0, 0.1) is 5.41 Å². The number of nitrogen functional groups attached to an aromatic ring is 1. The standard InChI is InChI=1S/C11H14N2OS/c12-11(13)9-3-1-2-8(4-9)7-15-10-5-14-6-10/h1-4,10H,5-7H2,(H3,12,13). The first kappa shape index (κ1) is 10.5. The fourth-order valence-corrected chi connectivity index (χ4v) is 2.35. The van der Waals surface area contributed by atoms with Crippen molar-refractivity contribution in [2.45, 2.75) is 11.0 Å². The number of amidine groups is 1. The van der Waals surface area contributed by atoms with Gasteiger partial charge in [-0.05, 0) is 11.6 Å². The molecule has 0 unspecified atom stereocenters. The van der Waals surface area contributed by atoms with Crippen molar-refractivity contribution in [3.8, 4) is 0 Å². The summed E-state index contributed by atoms with van der Waals surface area (Å²) in [6.07, 6.45) is 0. The van der Waals surface area contributed by atoms with E-state index in [4.69, 9.17) is 15.9 Å². The highest BCUT2D eigenvalue weighted by Gasteiger charge is 2.18. The van der Waals surface area contributed by atoms with Gasteiger partial charge >= 0.3 is 0 Å². The van der Waals surface area contributed by atoms with Gasteiger partial charge in [0.25, 0.3) is 0 Å². The third kappa shape index (κ3) is 2.73. The maximum Gasteiger partial charge on any atom is 0.122 e. The average Bonchev–Trinajstić information content (AvgIpc) is 2.16. The van der Waals surface area contributed by atoms with Crippen LogP contribution in [-0.4, -0.2) is 24.3 Å². The lowest BCUT2D eigenvalue weighted by Gasteiger charge is -2.25. The summed E-state index contributed by atoms with van der Waals surface area (Å²) >= 11 is 1.90. The lowest BCUT2D eigenvalue weighted by atomic mass is 10.1. The van der Waals surface area contributed by atoms with Crippen LogP contribution in [0.1, 0.15) is 11.1 Å². The zero-order valence-electron chi connectivity index (χ0n) is 8.40. The minimum Gasteiger partial charge on any atom is -0.384 e. The molecule has 0 radical (unpaired) electrons. The summed E-state index contributed by atoms with van der Waals surface area (Å²) in [6, 6.07) is 7.86. The summed E-state index contributed by atoms with van der Waals surface area (Å²) in [5.41, 5.74) is 7.46. The Kier molecular flexibility index (Phi) is 3.28. The van der Waals surface area contributed by atoms with Crippen molar-refractivity contribution < 1.29 is 4.74 Å². The lowest BCUT2D eigenvalue weighted by molar-refractivity contribution is 0.0455. The van der Waals surface area contributed by atoms with Gasteiger partial charge in [0.2, 0.25) is 0 Å². The number of thioether (sulfide) groups is 1. The van der Waals surface area contributed by atoms with Gasteiger partial charge in [-0.15, -0.1) is 11.8 Å². The maximum atomic E-state index is 7.35. The summed E-state index contributed by atoms with van der Waals surface area (Å²) in [7, 11) is 0. The molecular formula is C11H14N2OS. The second-order valence-electron chi connectivity index (χ2n) is 3.58. The summed E-state index contributed by atoms with van der Waals surface area (Å²) in [4.78, 5) is 0. The fourth-order valence-electron chi connectivity index (χ4n) is 1.35. The van der Waals surface area contributed by atoms with Crippen molar-refractivity contribution in [1.82, 2.24) is 0 Å². The zero-order chi connectivity index (χ0) is 10.7. The van der Waals surface area contributed by atoms with Crippen molar-refractivity contribution in [2.75, 3.05) is 13.2 Å². The molecule has 0 saturated carbocycles. The monoisotopic (exact) mass is 222 g/mol. The molecule has 0 atom stereocenters. The van der Waals surface area contributed by atoms with Crippen molar-refractivity contribution >= 4 is 17.6 Å². The van der Waals surface area contributed by atoms with Crippen molar-refractivity contribution in [1.29, 1.82) is 5.41 Å². The minimum atomic E-state index is 0.133. The summed E-state index contributed by atoms with van der Waals surface area (Å²) in [5, 5.41) is 7.99. The minimum absolute atomic E-state index is 0.133. The zero-order valence-corrected chi connectivity index (χ0v) is 9.22. The van der Waals surface area contributed by atoms with E-state index in [0.29, 0.717) is 5.25 Å². The van der Waals surface area contributed by atoms with Crippen LogP contribution in [0.25, 0.3) is 0 Å². The predicted molar refractivity (Wildman–Crippen MR) is 63.4 cm³/mol. The average molecular weight is 222 g/mol. The smallest absolute Gasteiger partial charge is 0.122 e. The molecule has 1 heterocycles. The third-order valence-electron chi connectivity index (χ3n) is 2.33. The molecule has 3 nitrogen and oxygen atoms in total. The third-order valence-corrected chi connectivity index (χ3v) is 3.57. The van der Waals surface area contributed by atoms with Gasteiger partial charge in [0.05, 0.1) is 18.5 Å². The van der Waals surface area contributed by atoms with Gasteiger partial charge in [-0.2, -0.15) is 0 Å². The Morgan fingerprint density at radius 1 is 1.53 bits per heavy atom. The van der Waals surface area contributed by atoms with Gasteiger partial charge in [0.1, 0.15) is 5.84 Å². The van der Waals surface area contributed by atoms with Crippen LogP contribution < -0.4 is 5.73 Å². The van der Waals surface area contributed by atoms with Gasteiger partial charge in [-0.1, -0.05) is 18.2 Å². The molecule has 1 aliphatic heterocycles. The van der Waals surface area contributed by atoms with E-state index in [1.807, 2.05) is 30.0 Å². The van der Waals surface area contributed by atoms with E-state index in [0.717, 1.165) is 24.5 Å². The second kappa shape index (κ2) is 4.68. The first-order valence-corrected chi connectivity index (χ1v) is 5.93. The SMILES string of the molecule is N=C(N)c1cccc(CSC2COC2)c1. The highest BCUT2D eigenvalue weighted by atomic mass is 32.2. The molecule has 0 amide bonds. The number of benzene rings is 1. The summed E-state index contributed by atoms with van der Waals surface area (Å²) < 4.78 is 5.11. The van der Waals surface area contributed by atoms with Crippen LogP contribution in [0.3, 0.4) is 0 Å². The lowest BCUT2D eigenvalue weighted by Crippen LogP contribution is -2.30. The summed E-state index contributed by atoms with van der Waals surface area (Å²) in [5.74, 6) is 1.10. The second-order valence-corrected chi connectivity index (χ2v) is 4.87. The van der Waals surface area contributed by atoms with Gasteiger partial charge in [-0.25, -0.2) is 0 Å². The number of rotatable bonds is 4. The first-order chi connectivity index (χ1) is 7.25. The van der Waals surface area contributed by atoms with Gasteiger partial charge in [0, 0.05) is 11.3 Å². The maximum absolute atomic E-state index is 7.35. The molecule has 1 aliphatic rings. The predicted octanol–water partition coefficient (Wildman–Crippen LogP) is 1.60. The van der Waals surface area contributed by atoms with E-state index in [1.54, 1.807) is 0 Å². The van der Waals surface area contributed by atoms with Crippen LogP contribution in [0.2, 0.25) is 0 Å². The van der Waals surface area contributed by atoms with E-state index >= 15 is 0 Å². The topological polar surface area (TPSA) is 59.1 Å². The largest absolute Gasteiger partial charge is 0.384 e. The Hall–Kier alpha value is -1.00. The van der Waals surface area contributed by atoms with E-state index < -0.39 is 0 Å². The van der Waals surface area contributed by atoms with E-state index in [-0.39, 0.29) is 5.84 Å². The van der Waals surface area contributed by atoms with Crippen LogP contribution in [0.5, 0.6) is 0 Å². The first-order valence-electron chi connectivity index (χ1n) is 4.88. The van der Waals surface area contributed by atoms with E-state index in [2.05, 4.69) is 6.07 Å². The summed E-state index contributed by atoms with van der Waals surface area (Å²) in [6.45, 7) is 1.74. The Bertz CT molecular complexity index is 363. The van der Waals surface area contributed by atoms with E-state index in [9.17, 15) is 0 Å². The van der Waals surface area contributed by atoms with Crippen molar-refractivity contribution in [3.05, 3.63) is 35.4 Å². The van der Waals surface area contributed by atoms with Crippen LogP contribution in [-0.2, 0) is 10.5 Å². The molecule has 0 spiro atoms. The quantitative estimate of drug-likeness (QED) is 0.601. The highest BCUT2D eigenvalue weighted by molar-refractivity contribution is 7.99. The molecule has 1 saturated heterocycles. The highest BCUT2D eigenvalue weighted by Crippen LogP contribution is 2.23. The van der Waals surface area contributed by atoms with Gasteiger partial charge in [-0.3, -0.25) is 5.41 Å². The number of nitrogens with one attached hydrogen (secondary N) is 1. The molecule has 0 aromatic heterocycles. The van der Waals surface area contributed by atoms with Crippen LogP contribution >= 0.6 is 11.8 Å². The number of hydrogen-bond donors (Lipinski definition) is 2. The van der Waals surface area contributed by atoms with Crippen molar-refractivity contribution in [3.63, 3.8) is 0 Å². The molecule has 3 N–H and O–H groups in total. The molecule has 2 rings (SSSR count). The Morgan fingerprint density at radius 3 is 2.93 bits per heavy atom. The molecule has 0 aliphatic carbocycles. The molecule has 1 aromatic rings. The Balaban J connectivity index is 1.94. The van der Waals surface area contributed by atoms with Crippen LogP contribution in [0.15, 0.2) is 24.3 Å². The molecule has 15 heavy (non-hydrogen) atoms. The van der Waals surface area contributed by atoms with Gasteiger partial charge < -0.3 is 10.5 Å². The Labute approximate surface area is 93.5 Å².